The lowest BCUT2D eigenvalue weighted by Crippen LogP contribution is -2.17. The van der Waals surface area contributed by atoms with Crippen LogP contribution in [0.15, 0.2) is 18.3 Å². The van der Waals surface area contributed by atoms with Gasteiger partial charge in [-0.25, -0.2) is 4.98 Å². The van der Waals surface area contributed by atoms with Crippen LogP contribution in [0.3, 0.4) is 0 Å². The van der Waals surface area contributed by atoms with Gasteiger partial charge in [0.05, 0.1) is 19.3 Å². The monoisotopic (exact) mass is 196 g/mol. The van der Waals surface area contributed by atoms with Gasteiger partial charge in [-0.2, -0.15) is 0 Å². The normalized spacial score (nSPS) is 12.5. The molecule has 4 heteroatoms. The standard InChI is InChI=1S/C10H16N2O2/c1-3-14-10-8(5-4-6-12-10)9(11)7-13-2/h4-6,9H,3,7,11H2,1-2H3. The maximum Gasteiger partial charge on any atom is 0.218 e. The first kappa shape index (κ1) is 10.9. The van der Waals surface area contributed by atoms with Gasteiger partial charge in [0.15, 0.2) is 0 Å². The molecule has 1 atom stereocenters. The lowest BCUT2D eigenvalue weighted by atomic mass is 10.1. The molecule has 14 heavy (non-hydrogen) atoms. The first-order chi connectivity index (χ1) is 6.79. The van der Waals surface area contributed by atoms with Gasteiger partial charge in [-0.3, -0.25) is 0 Å². The molecule has 0 spiro atoms. The van der Waals surface area contributed by atoms with Crippen molar-refractivity contribution in [1.82, 2.24) is 4.98 Å². The van der Waals surface area contributed by atoms with Crippen molar-refractivity contribution >= 4 is 0 Å². The molecule has 1 unspecified atom stereocenters. The Balaban J connectivity index is 2.82. The predicted molar refractivity (Wildman–Crippen MR) is 54.2 cm³/mol. The van der Waals surface area contributed by atoms with Crippen LogP contribution in [0, 0.1) is 0 Å². The van der Waals surface area contributed by atoms with Crippen molar-refractivity contribution in [3.05, 3.63) is 23.9 Å². The van der Waals surface area contributed by atoms with E-state index in [0.29, 0.717) is 19.1 Å². The molecule has 0 aliphatic heterocycles. The molecule has 1 aromatic rings. The summed E-state index contributed by atoms with van der Waals surface area (Å²) in [6.07, 6.45) is 1.69. The molecule has 0 fully saturated rings. The van der Waals surface area contributed by atoms with Crippen LogP contribution in [0.1, 0.15) is 18.5 Å². The van der Waals surface area contributed by atoms with Crippen LogP contribution >= 0.6 is 0 Å². The van der Waals surface area contributed by atoms with Crippen molar-refractivity contribution in [3.8, 4) is 5.88 Å². The number of methoxy groups -OCH3 is 1. The fourth-order valence-electron chi connectivity index (χ4n) is 1.21. The van der Waals surface area contributed by atoms with Crippen molar-refractivity contribution in [2.45, 2.75) is 13.0 Å². The van der Waals surface area contributed by atoms with Gasteiger partial charge >= 0.3 is 0 Å². The summed E-state index contributed by atoms with van der Waals surface area (Å²) in [4.78, 5) is 4.11. The average Bonchev–Trinajstić information content (AvgIpc) is 2.19. The molecule has 0 saturated heterocycles. The lowest BCUT2D eigenvalue weighted by Gasteiger charge is -2.14. The van der Waals surface area contributed by atoms with Gasteiger partial charge in [-0.1, -0.05) is 6.07 Å². The summed E-state index contributed by atoms with van der Waals surface area (Å²) in [5.41, 5.74) is 6.78. The molecule has 0 aliphatic carbocycles. The number of ether oxygens (including phenoxy) is 2. The number of hydrogen-bond donors (Lipinski definition) is 1. The van der Waals surface area contributed by atoms with Crippen LogP contribution in [-0.4, -0.2) is 25.3 Å². The number of hydrogen-bond acceptors (Lipinski definition) is 4. The van der Waals surface area contributed by atoms with Crippen LogP contribution in [0.2, 0.25) is 0 Å². The van der Waals surface area contributed by atoms with E-state index in [1.54, 1.807) is 13.3 Å². The SMILES string of the molecule is CCOc1ncccc1C(N)COC. The third kappa shape index (κ3) is 2.68. The highest BCUT2D eigenvalue weighted by Gasteiger charge is 2.11. The van der Waals surface area contributed by atoms with Gasteiger partial charge in [-0.05, 0) is 13.0 Å². The van der Waals surface area contributed by atoms with Crippen LogP contribution in [0.25, 0.3) is 0 Å². The Labute approximate surface area is 84.0 Å². The summed E-state index contributed by atoms with van der Waals surface area (Å²) in [7, 11) is 1.62. The molecule has 0 amide bonds. The van der Waals surface area contributed by atoms with Crippen LogP contribution in [0.5, 0.6) is 5.88 Å². The predicted octanol–water partition coefficient (Wildman–Crippen LogP) is 1.13. The second kappa shape index (κ2) is 5.57. The van der Waals surface area contributed by atoms with Gasteiger partial charge in [0.1, 0.15) is 0 Å². The van der Waals surface area contributed by atoms with E-state index in [-0.39, 0.29) is 6.04 Å². The first-order valence-electron chi connectivity index (χ1n) is 4.61. The van der Waals surface area contributed by atoms with E-state index < -0.39 is 0 Å². The van der Waals surface area contributed by atoms with Crippen LogP contribution < -0.4 is 10.5 Å². The zero-order valence-electron chi connectivity index (χ0n) is 8.56. The molecule has 0 radical (unpaired) electrons. The fraction of sp³-hybridized carbons (Fsp3) is 0.500. The third-order valence-corrected chi connectivity index (χ3v) is 1.83. The van der Waals surface area contributed by atoms with Gasteiger partial charge < -0.3 is 15.2 Å². The molecule has 1 heterocycles. The van der Waals surface area contributed by atoms with Crippen molar-refractivity contribution in [3.63, 3.8) is 0 Å². The molecule has 0 bridgehead atoms. The summed E-state index contributed by atoms with van der Waals surface area (Å²) in [6.45, 7) is 2.97. The Bertz CT molecular complexity index is 279. The van der Waals surface area contributed by atoms with E-state index in [1.807, 2.05) is 19.1 Å². The molecular weight excluding hydrogens is 180 g/mol. The zero-order chi connectivity index (χ0) is 10.4. The summed E-state index contributed by atoms with van der Waals surface area (Å²) in [5, 5.41) is 0. The summed E-state index contributed by atoms with van der Waals surface area (Å²) >= 11 is 0. The molecule has 0 aliphatic rings. The Morgan fingerprint density at radius 2 is 2.36 bits per heavy atom. The molecular formula is C10H16N2O2. The molecule has 1 rings (SSSR count). The van der Waals surface area contributed by atoms with Crippen molar-refractivity contribution in [2.24, 2.45) is 5.73 Å². The van der Waals surface area contributed by atoms with Crippen molar-refractivity contribution < 1.29 is 9.47 Å². The van der Waals surface area contributed by atoms with E-state index in [4.69, 9.17) is 15.2 Å². The van der Waals surface area contributed by atoms with Crippen LogP contribution in [-0.2, 0) is 4.74 Å². The number of nitrogens with two attached hydrogens (primary N) is 1. The summed E-state index contributed by atoms with van der Waals surface area (Å²) < 4.78 is 10.3. The van der Waals surface area contributed by atoms with Gasteiger partial charge in [0.2, 0.25) is 5.88 Å². The highest BCUT2D eigenvalue weighted by molar-refractivity contribution is 5.28. The average molecular weight is 196 g/mol. The maximum absolute atomic E-state index is 5.89. The quantitative estimate of drug-likeness (QED) is 0.766. The Morgan fingerprint density at radius 1 is 1.57 bits per heavy atom. The first-order valence-corrected chi connectivity index (χ1v) is 4.61. The Morgan fingerprint density at radius 3 is 3.00 bits per heavy atom. The third-order valence-electron chi connectivity index (χ3n) is 1.83. The fourth-order valence-corrected chi connectivity index (χ4v) is 1.21. The van der Waals surface area contributed by atoms with E-state index in [0.717, 1.165) is 5.56 Å². The smallest absolute Gasteiger partial charge is 0.218 e. The number of nitrogens with zero attached hydrogens (tertiary/aromatic N) is 1. The highest BCUT2D eigenvalue weighted by Crippen LogP contribution is 2.20. The second-order valence-corrected chi connectivity index (χ2v) is 2.89. The molecule has 2 N–H and O–H groups in total. The van der Waals surface area contributed by atoms with E-state index in [2.05, 4.69) is 4.98 Å². The van der Waals surface area contributed by atoms with Crippen molar-refractivity contribution in [2.75, 3.05) is 20.3 Å². The summed E-state index contributed by atoms with van der Waals surface area (Å²) in [5.74, 6) is 0.597. The zero-order valence-corrected chi connectivity index (χ0v) is 8.56. The molecule has 0 saturated carbocycles. The molecule has 1 aromatic heterocycles. The minimum Gasteiger partial charge on any atom is -0.478 e. The van der Waals surface area contributed by atoms with Gasteiger partial charge in [0.25, 0.3) is 0 Å². The lowest BCUT2D eigenvalue weighted by molar-refractivity contribution is 0.178. The number of aromatic nitrogens is 1. The van der Waals surface area contributed by atoms with Crippen LogP contribution in [0.4, 0.5) is 0 Å². The minimum absolute atomic E-state index is 0.185. The molecule has 0 aromatic carbocycles. The minimum atomic E-state index is -0.185. The summed E-state index contributed by atoms with van der Waals surface area (Å²) in [6, 6.07) is 3.56. The van der Waals surface area contributed by atoms with Gasteiger partial charge in [-0.15, -0.1) is 0 Å². The van der Waals surface area contributed by atoms with Crippen molar-refractivity contribution in [1.29, 1.82) is 0 Å². The van der Waals surface area contributed by atoms with E-state index >= 15 is 0 Å². The topological polar surface area (TPSA) is 57.4 Å². The maximum atomic E-state index is 5.89. The largest absolute Gasteiger partial charge is 0.478 e. The van der Waals surface area contributed by atoms with Gasteiger partial charge in [0, 0.05) is 18.9 Å². The number of pyridine rings is 1. The molecule has 4 nitrogen and oxygen atoms in total. The number of rotatable bonds is 5. The molecule has 78 valence electrons. The highest BCUT2D eigenvalue weighted by atomic mass is 16.5. The van der Waals surface area contributed by atoms with E-state index in [9.17, 15) is 0 Å². The Kier molecular flexibility index (Phi) is 4.35. The Hall–Kier alpha value is -1.13. The van der Waals surface area contributed by atoms with E-state index in [1.165, 1.54) is 0 Å². The second-order valence-electron chi connectivity index (χ2n) is 2.89.